The van der Waals surface area contributed by atoms with Gasteiger partial charge in [0.2, 0.25) is 5.91 Å². The average Bonchev–Trinajstić information content (AvgIpc) is 2.14. The number of rotatable bonds is 2. The van der Waals surface area contributed by atoms with Crippen molar-refractivity contribution in [2.45, 2.75) is 26.4 Å². The Morgan fingerprint density at radius 3 is 2.79 bits per heavy atom. The Hall–Kier alpha value is -0.280. The predicted octanol–water partition coefficient (Wildman–Crippen LogP) is 1.50. The van der Waals surface area contributed by atoms with E-state index in [0.717, 1.165) is 0 Å². The predicted molar refractivity (Wildman–Crippen MR) is 56.5 cm³/mol. The van der Waals surface area contributed by atoms with E-state index >= 15 is 0 Å². The molecular formula is C10H18ClNO2. The molecule has 1 saturated heterocycles. The molecule has 0 bridgehead atoms. The van der Waals surface area contributed by atoms with Crippen LogP contribution in [0.5, 0.6) is 0 Å². The lowest BCUT2D eigenvalue weighted by atomic mass is 10.1. The minimum Gasteiger partial charge on any atom is -0.372 e. The minimum absolute atomic E-state index is 0.0921. The van der Waals surface area contributed by atoms with Gasteiger partial charge in [-0.15, -0.1) is 11.6 Å². The Morgan fingerprint density at radius 1 is 1.64 bits per heavy atom. The molecule has 3 nitrogen and oxygen atoms in total. The Bertz CT molecular complexity index is 218. The van der Waals surface area contributed by atoms with Crippen LogP contribution in [0.4, 0.5) is 0 Å². The van der Waals surface area contributed by atoms with E-state index in [-0.39, 0.29) is 17.4 Å². The molecule has 1 fully saturated rings. The highest BCUT2D eigenvalue weighted by Crippen LogP contribution is 2.18. The smallest absolute Gasteiger partial charge is 0.226 e. The van der Waals surface area contributed by atoms with E-state index in [0.29, 0.717) is 25.6 Å². The summed E-state index contributed by atoms with van der Waals surface area (Å²) in [6.07, 6.45) is 0. The molecule has 1 amide bonds. The fourth-order valence-electron chi connectivity index (χ4n) is 1.58. The monoisotopic (exact) mass is 219 g/mol. The fourth-order valence-corrected chi connectivity index (χ4v) is 1.71. The number of alkyl halides is 1. The molecule has 1 aliphatic rings. The highest BCUT2D eigenvalue weighted by Gasteiger charge is 2.31. The van der Waals surface area contributed by atoms with Gasteiger partial charge in [0.1, 0.15) is 0 Å². The molecule has 14 heavy (non-hydrogen) atoms. The Morgan fingerprint density at radius 2 is 2.29 bits per heavy atom. The van der Waals surface area contributed by atoms with Crippen molar-refractivity contribution < 1.29 is 9.53 Å². The maximum absolute atomic E-state index is 11.8. The second-order valence-electron chi connectivity index (χ2n) is 4.42. The maximum Gasteiger partial charge on any atom is 0.226 e. The van der Waals surface area contributed by atoms with Crippen LogP contribution in [0, 0.1) is 5.92 Å². The maximum atomic E-state index is 11.8. The molecule has 0 aromatic rings. The fraction of sp³-hybridized carbons (Fsp3) is 0.900. The molecule has 1 rings (SSSR count). The molecule has 0 saturated carbocycles. The van der Waals surface area contributed by atoms with Gasteiger partial charge in [-0.3, -0.25) is 4.79 Å². The molecule has 0 radical (unpaired) electrons. The standard InChI is InChI=1S/C10H18ClNO2/c1-8(6-11)9(13)12-4-5-14-10(2,3)7-12/h8H,4-7H2,1-3H3. The van der Waals surface area contributed by atoms with E-state index < -0.39 is 0 Å². The van der Waals surface area contributed by atoms with Gasteiger partial charge in [-0.2, -0.15) is 0 Å². The lowest BCUT2D eigenvalue weighted by molar-refractivity contribution is -0.148. The van der Waals surface area contributed by atoms with Gasteiger partial charge in [0.15, 0.2) is 0 Å². The minimum atomic E-state index is -0.222. The lowest BCUT2D eigenvalue weighted by Gasteiger charge is -2.39. The van der Waals surface area contributed by atoms with Crippen LogP contribution in [-0.4, -0.2) is 42.0 Å². The summed E-state index contributed by atoms with van der Waals surface area (Å²) < 4.78 is 5.53. The van der Waals surface area contributed by atoms with Crippen LogP contribution in [0.2, 0.25) is 0 Å². The first-order valence-corrected chi connectivity index (χ1v) is 5.48. The highest BCUT2D eigenvalue weighted by molar-refractivity contribution is 6.19. The van der Waals surface area contributed by atoms with Gasteiger partial charge >= 0.3 is 0 Å². The Balaban J connectivity index is 2.56. The quantitative estimate of drug-likeness (QED) is 0.659. The summed E-state index contributed by atoms with van der Waals surface area (Å²) in [6, 6.07) is 0. The Labute approximate surface area is 90.4 Å². The summed E-state index contributed by atoms with van der Waals surface area (Å²) in [7, 11) is 0. The average molecular weight is 220 g/mol. The molecular weight excluding hydrogens is 202 g/mol. The number of nitrogens with zero attached hydrogens (tertiary/aromatic N) is 1. The van der Waals surface area contributed by atoms with Gasteiger partial charge in [-0.05, 0) is 13.8 Å². The third-order valence-corrected chi connectivity index (χ3v) is 2.85. The molecule has 1 atom stereocenters. The summed E-state index contributed by atoms with van der Waals surface area (Å²) in [5.74, 6) is 0.429. The van der Waals surface area contributed by atoms with Crippen molar-refractivity contribution in [1.82, 2.24) is 4.90 Å². The van der Waals surface area contributed by atoms with Crippen molar-refractivity contribution >= 4 is 17.5 Å². The van der Waals surface area contributed by atoms with E-state index in [1.807, 2.05) is 25.7 Å². The zero-order valence-electron chi connectivity index (χ0n) is 9.05. The van der Waals surface area contributed by atoms with Gasteiger partial charge in [0.05, 0.1) is 12.2 Å². The van der Waals surface area contributed by atoms with Crippen LogP contribution in [0.1, 0.15) is 20.8 Å². The van der Waals surface area contributed by atoms with Crippen LogP contribution < -0.4 is 0 Å². The number of morpholine rings is 1. The molecule has 0 spiro atoms. The summed E-state index contributed by atoms with van der Waals surface area (Å²) >= 11 is 5.66. The number of halogens is 1. The second kappa shape index (κ2) is 4.49. The second-order valence-corrected chi connectivity index (χ2v) is 4.73. The Kier molecular flexibility index (Phi) is 3.78. The van der Waals surface area contributed by atoms with Gasteiger partial charge in [-0.25, -0.2) is 0 Å². The van der Waals surface area contributed by atoms with Crippen molar-refractivity contribution in [2.24, 2.45) is 5.92 Å². The van der Waals surface area contributed by atoms with Crippen LogP contribution >= 0.6 is 11.6 Å². The largest absolute Gasteiger partial charge is 0.372 e. The van der Waals surface area contributed by atoms with E-state index in [1.54, 1.807) is 0 Å². The van der Waals surface area contributed by atoms with Crippen molar-refractivity contribution in [3.8, 4) is 0 Å². The molecule has 1 aliphatic heterocycles. The van der Waals surface area contributed by atoms with E-state index in [4.69, 9.17) is 16.3 Å². The number of hydrogen-bond donors (Lipinski definition) is 0. The topological polar surface area (TPSA) is 29.5 Å². The summed E-state index contributed by atoms with van der Waals surface area (Å²) in [5, 5.41) is 0. The van der Waals surface area contributed by atoms with E-state index in [2.05, 4.69) is 0 Å². The molecule has 4 heteroatoms. The molecule has 0 aromatic carbocycles. The van der Waals surface area contributed by atoms with Crippen molar-refractivity contribution in [3.05, 3.63) is 0 Å². The molecule has 0 aliphatic carbocycles. The van der Waals surface area contributed by atoms with Gasteiger partial charge in [0.25, 0.3) is 0 Å². The van der Waals surface area contributed by atoms with Crippen LogP contribution in [0.25, 0.3) is 0 Å². The number of carbonyl (C=O) groups excluding carboxylic acids is 1. The SMILES string of the molecule is CC(CCl)C(=O)N1CCOC(C)(C)C1. The third-order valence-electron chi connectivity index (χ3n) is 2.39. The number of amides is 1. The van der Waals surface area contributed by atoms with Gasteiger partial charge < -0.3 is 9.64 Å². The first-order valence-electron chi connectivity index (χ1n) is 4.95. The first-order chi connectivity index (χ1) is 6.46. The third kappa shape index (κ3) is 2.85. The van der Waals surface area contributed by atoms with Crippen molar-refractivity contribution in [3.63, 3.8) is 0 Å². The number of ether oxygens (including phenoxy) is 1. The zero-order valence-corrected chi connectivity index (χ0v) is 9.80. The summed E-state index contributed by atoms with van der Waals surface area (Å²) in [4.78, 5) is 13.6. The van der Waals surface area contributed by atoms with Gasteiger partial charge in [0, 0.05) is 24.9 Å². The summed E-state index contributed by atoms with van der Waals surface area (Å²) in [5.41, 5.74) is -0.222. The molecule has 1 heterocycles. The molecule has 0 N–H and O–H groups in total. The first kappa shape index (κ1) is 11.8. The number of carbonyl (C=O) groups is 1. The summed E-state index contributed by atoms with van der Waals surface area (Å²) in [6.45, 7) is 7.82. The van der Waals surface area contributed by atoms with E-state index in [9.17, 15) is 4.79 Å². The van der Waals surface area contributed by atoms with Crippen LogP contribution in [0.3, 0.4) is 0 Å². The normalized spacial score (nSPS) is 23.3. The van der Waals surface area contributed by atoms with Gasteiger partial charge in [-0.1, -0.05) is 6.92 Å². The van der Waals surface area contributed by atoms with E-state index in [1.165, 1.54) is 0 Å². The molecule has 82 valence electrons. The van der Waals surface area contributed by atoms with Crippen molar-refractivity contribution in [2.75, 3.05) is 25.6 Å². The van der Waals surface area contributed by atoms with Crippen LogP contribution in [-0.2, 0) is 9.53 Å². The molecule has 1 unspecified atom stereocenters. The van der Waals surface area contributed by atoms with Crippen molar-refractivity contribution in [1.29, 1.82) is 0 Å². The van der Waals surface area contributed by atoms with Crippen LogP contribution in [0.15, 0.2) is 0 Å². The lowest BCUT2D eigenvalue weighted by Crippen LogP contribution is -2.52. The zero-order chi connectivity index (χ0) is 10.8. The highest BCUT2D eigenvalue weighted by atomic mass is 35.5. The number of hydrogen-bond acceptors (Lipinski definition) is 2. The molecule has 0 aromatic heterocycles.